The second-order valence-electron chi connectivity index (χ2n) is 1.60. The SMILES string of the molecule is O=C=O.Oc1cccc(O)c1. The van der Waals surface area contributed by atoms with Gasteiger partial charge >= 0.3 is 6.15 Å². The molecular weight excluding hydrogens is 148 g/mol. The van der Waals surface area contributed by atoms with Crippen molar-refractivity contribution in [1.29, 1.82) is 0 Å². The number of hydrogen-bond acceptors (Lipinski definition) is 4. The summed E-state index contributed by atoms with van der Waals surface area (Å²) in [4.78, 5) is 16.2. The Kier molecular flexibility index (Phi) is 4.20. The first-order chi connectivity index (χ1) is 5.20. The second kappa shape index (κ2) is 5.02. The molecule has 0 radical (unpaired) electrons. The molecule has 1 aromatic rings. The van der Waals surface area contributed by atoms with Crippen molar-refractivity contribution in [2.45, 2.75) is 0 Å². The predicted octanol–water partition coefficient (Wildman–Crippen LogP) is 0.514. The summed E-state index contributed by atoms with van der Waals surface area (Å²) in [6.07, 6.45) is 0.250. The smallest absolute Gasteiger partial charge is 0.373 e. The summed E-state index contributed by atoms with van der Waals surface area (Å²) in [5, 5.41) is 17.3. The highest BCUT2D eigenvalue weighted by atomic mass is 16.3. The van der Waals surface area contributed by atoms with E-state index in [9.17, 15) is 0 Å². The molecule has 4 nitrogen and oxygen atoms in total. The van der Waals surface area contributed by atoms with Gasteiger partial charge in [-0.25, -0.2) is 0 Å². The molecule has 0 spiro atoms. The fraction of sp³-hybridized carbons (Fsp3) is 0. The van der Waals surface area contributed by atoms with Crippen LogP contribution in [0.25, 0.3) is 0 Å². The van der Waals surface area contributed by atoms with Crippen molar-refractivity contribution in [1.82, 2.24) is 0 Å². The third-order valence-corrected chi connectivity index (χ3v) is 0.830. The largest absolute Gasteiger partial charge is 0.508 e. The van der Waals surface area contributed by atoms with Crippen LogP contribution < -0.4 is 0 Å². The predicted molar refractivity (Wildman–Crippen MR) is 34.8 cm³/mol. The molecule has 1 aromatic carbocycles. The number of benzene rings is 1. The van der Waals surface area contributed by atoms with Crippen molar-refractivity contribution < 1.29 is 19.8 Å². The first-order valence-corrected chi connectivity index (χ1v) is 2.68. The molecule has 0 aliphatic heterocycles. The average Bonchev–Trinajstić information content (AvgIpc) is 1.88. The van der Waals surface area contributed by atoms with Crippen molar-refractivity contribution in [2.75, 3.05) is 0 Å². The molecule has 0 heterocycles. The maximum absolute atomic E-state index is 8.65. The molecule has 0 aromatic heterocycles. The summed E-state index contributed by atoms with van der Waals surface area (Å²) in [7, 11) is 0. The van der Waals surface area contributed by atoms with E-state index >= 15 is 0 Å². The Hall–Kier alpha value is -1.80. The third kappa shape index (κ3) is 4.69. The minimum atomic E-state index is 0.0880. The fourth-order valence-electron chi connectivity index (χ4n) is 0.493. The van der Waals surface area contributed by atoms with Crippen LogP contribution in [0.4, 0.5) is 0 Å². The fourth-order valence-corrected chi connectivity index (χ4v) is 0.493. The van der Waals surface area contributed by atoms with Crippen LogP contribution in [0.2, 0.25) is 0 Å². The van der Waals surface area contributed by atoms with E-state index in [0.717, 1.165) is 0 Å². The van der Waals surface area contributed by atoms with Gasteiger partial charge in [0.1, 0.15) is 11.5 Å². The lowest BCUT2D eigenvalue weighted by Crippen LogP contribution is -1.61. The first-order valence-electron chi connectivity index (χ1n) is 2.68. The number of aromatic hydroxyl groups is 2. The monoisotopic (exact) mass is 154 g/mol. The van der Waals surface area contributed by atoms with E-state index in [0.29, 0.717) is 0 Å². The normalized spacial score (nSPS) is 7.27. The molecule has 0 unspecified atom stereocenters. The van der Waals surface area contributed by atoms with Gasteiger partial charge in [0.05, 0.1) is 0 Å². The van der Waals surface area contributed by atoms with E-state index in [-0.39, 0.29) is 17.7 Å². The Labute approximate surface area is 62.7 Å². The Morgan fingerprint density at radius 3 is 1.64 bits per heavy atom. The van der Waals surface area contributed by atoms with Crippen LogP contribution in [-0.2, 0) is 9.59 Å². The minimum Gasteiger partial charge on any atom is -0.508 e. The van der Waals surface area contributed by atoms with E-state index in [1.165, 1.54) is 18.2 Å². The Morgan fingerprint density at radius 2 is 1.45 bits per heavy atom. The standard InChI is InChI=1S/C6H6O2.CO2/c7-5-2-1-3-6(8)4-5;2-1-3/h1-4,7-8H;. The van der Waals surface area contributed by atoms with Gasteiger partial charge in [0.25, 0.3) is 0 Å². The summed E-state index contributed by atoms with van der Waals surface area (Å²) in [5.41, 5.74) is 0. The molecule has 11 heavy (non-hydrogen) atoms. The highest BCUT2D eigenvalue weighted by Crippen LogP contribution is 2.14. The average molecular weight is 154 g/mol. The molecule has 0 aliphatic rings. The highest BCUT2D eigenvalue weighted by molar-refractivity contribution is 5.30. The lowest BCUT2D eigenvalue weighted by atomic mass is 10.3. The van der Waals surface area contributed by atoms with E-state index in [1.807, 2.05) is 0 Å². The Balaban J connectivity index is 0.000000292. The lowest BCUT2D eigenvalue weighted by molar-refractivity contribution is -0.191. The van der Waals surface area contributed by atoms with Gasteiger partial charge in [-0.1, -0.05) is 6.07 Å². The number of rotatable bonds is 0. The van der Waals surface area contributed by atoms with Crippen LogP contribution in [0.3, 0.4) is 0 Å². The molecule has 0 fully saturated rings. The summed E-state index contributed by atoms with van der Waals surface area (Å²) in [6.45, 7) is 0. The van der Waals surface area contributed by atoms with Crippen molar-refractivity contribution >= 4 is 6.15 Å². The molecule has 1 rings (SSSR count). The molecule has 0 saturated heterocycles. The molecule has 2 N–H and O–H groups in total. The van der Waals surface area contributed by atoms with Crippen molar-refractivity contribution in [3.8, 4) is 11.5 Å². The van der Waals surface area contributed by atoms with Gasteiger partial charge < -0.3 is 10.2 Å². The number of phenols is 2. The quantitative estimate of drug-likeness (QED) is 0.571. The topological polar surface area (TPSA) is 74.6 Å². The zero-order chi connectivity index (χ0) is 8.69. The Bertz CT molecular complexity index is 233. The minimum absolute atomic E-state index is 0.0880. The third-order valence-electron chi connectivity index (χ3n) is 0.830. The van der Waals surface area contributed by atoms with Crippen LogP contribution in [0.15, 0.2) is 24.3 Å². The van der Waals surface area contributed by atoms with Crippen LogP contribution in [0.5, 0.6) is 11.5 Å². The van der Waals surface area contributed by atoms with Crippen molar-refractivity contribution in [3.63, 3.8) is 0 Å². The zero-order valence-corrected chi connectivity index (χ0v) is 5.52. The van der Waals surface area contributed by atoms with Gasteiger partial charge in [-0.3, -0.25) is 0 Å². The summed E-state index contributed by atoms with van der Waals surface area (Å²) in [5.74, 6) is 0.176. The second-order valence-corrected chi connectivity index (χ2v) is 1.60. The summed E-state index contributed by atoms with van der Waals surface area (Å²) < 4.78 is 0. The van der Waals surface area contributed by atoms with Crippen molar-refractivity contribution in [3.05, 3.63) is 24.3 Å². The molecular formula is C7H6O4. The van der Waals surface area contributed by atoms with Gasteiger partial charge in [0, 0.05) is 6.07 Å². The summed E-state index contributed by atoms with van der Waals surface area (Å²) in [6, 6.07) is 5.85. The number of hydrogen-bond donors (Lipinski definition) is 2. The molecule has 0 aliphatic carbocycles. The maximum Gasteiger partial charge on any atom is 0.373 e. The van der Waals surface area contributed by atoms with Crippen LogP contribution in [0.1, 0.15) is 0 Å². The van der Waals surface area contributed by atoms with Crippen LogP contribution in [-0.4, -0.2) is 16.4 Å². The summed E-state index contributed by atoms with van der Waals surface area (Å²) >= 11 is 0. The van der Waals surface area contributed by atoms with E-state index in [4.69, 9.17) is 19.8 Å². The van der Waals surface area contributed by atoms with Crippen LogP contribution >= 0.6 is 0 Å². The lowest BCUT2D eigenvalue weighted by Gasteiger charge is -1.89. The zero-order valence-electron chi connectivity index (χ0n) is 5.52. The molecule has 0 bridgehead atoms. The molecule has 0 atom stereocenters. The van der Waals surface area contributed by atoms with Gasteiger partial charge in [-0.15, -0.1) is 0 Å². The first kappa shape index (κ1) is 9.20. The van der Waals surface area contributed by atoms with E-state index < -0.39 is 0 Å². The number of carbonyl (C=O) groups excluding carboxylic acids is 2. The van der Waals surface area contributed by atoms with E-state index in [1.54, 1.807) is 6.07 Å². The van der Waals surface area contributed by atoms with Gasteiger partial charge in [0.15, 0.2) is 0 Å². The molecule has 58 valence electrons. The van der Waals surface area contributed by atoms with Crippen LogP contribution in [0, 0.1) is 0 Å². The van der Waals surface area contributed by atoms with Gasteiger partial charge in [0.2, 0.25) is 0 Å². The molecule has 4 heteroatoms. The van der Waals surface area contributed by atoms with E-state index in [2.05, 4.69) is 0 Å². The Morgan fingerprint density at radius 1 is 1.09 bits per heavy atom. The molecule has 0 saturated carbocycles. The van der Waals surface area contributed by atoms with Crippen molar-refractivity contribution in [2.24, 2.45) is 0 Å². The number of phenolic OH excluding ortho intramolecular Hbond substituents is 2. The molecule has 0 amide bonds. The highest BCUT2D eigenvalue weighted by Gasteiger charge is 1.85. The maximum atomic E-state index is 8.65. The van der Waals surface area contributed by atoms with Gasteiger partial charge in [-0.2, -0.15) is 9.59 Å². The van der Waals surface area contributed by atoms with Gasteiger partial charge in [-0.05, 0) is 12.1 Å².